The molecule has 0 spiro atoms. The summed E-state index contributed by atoms with van der Waals surface area (Å²) in [5.74, 6) is 0. The van der Waals surface area contributed by atoms with Crippen LogP contribution in [0.4, 0.5) is 5.69 Å². The summed E-state index contributed by atoms with van der Waals surface area (Å²) < 4.78 is 0. The van der Waals surface area contributed by atoms with E-state index < -0.39 is 17.4 Å². The van der Waals surface area contributed by atoms with Crippen molar-refractivity contribution in [2.75, 3.05) is 11.9 Å². The molecule has 72 valence electrons. The average Bonchev–Trinajstić information content (AvgIpc) is 2.02. The lowest BCUT2D eigenvalue weighted by Crippen LogP contribution is -2.26. The number of nitrogens with one attached hydrogen (secondary N) is 3. The summed E-state index contributed by atoms with van der Waals surface area (Å²) in [5, 5.41) is 11.6. The lowest BCUT2D eigenvalue weighted by molar-refractivity contribution is 0.208. The third kappa shape index (κ3) is 2.75. The van der Waals surface area contributed by atoms with E-state index in [1.807, 2.05) is 0 Å². The van der Waals surface area contributed by atoms with Crippen molar-refractivity contribution in [1.29, 1.82) is 0 Å². The van der Waals surface area contributed by atoms with Crippen LogP contribution in [0.5, 0.6) is 0 Å². The highest BCUT2D eigenvalue weighted by Crippen LogP contribution is 1.91. The zero-order valence-corrected chi connectivity index (χ0v) is 7.13. The van der Waals surface area contributed by atoms with Gasteiger partial charge in [-0.25, -0.2) is 4.79 Å². The van der Waals surface area contributed by atoms with Crippen molar-refractivity contribution >= 4 is 5.69 Å². The minimum atomic E-state index is -0.550. The van der Waals surface area contributed by atoms with Gasteiger partial charge in [0.15, 0.2) is 0 Å². The highest BCUT2D eigenvalue weighted by Gasteiger charge is 2.00. The Morgan fingerprint density at radius 2 is 2.31 bits per heavy atom. The van der Waals surface area contributed by atoms with Crippen LogP contribution in [-0.2, 0) is 0 Å². The fourth-order valence-corrected chi connectivity index (χ4v) is 0.799. The number of H-pyrrole nitrogens is 2. The molecule has 1 aromatic heterocycles. The molecule has 6 nitrogen and oxygen atoms in total. The average molecular weight is 185 g/mol. The smallest absolute Gasteiger partial charge is 0.325 e. The van der Waals surface area contributed by atoms with Gasteiger partial charge in [0.1, 0.15) is 5.69 Å². The van der Waals surface area contributed by atoms with E-state index in [9.17, 15) is 9.59 Å². The monoisotopic (exact) mass is 185 g/mol. The number of hydrogen-bond acceptors (Lipinski definition) is 4. The molecular formula is C7H11N3O3. The number of aliphatic hydroxyl groups excluding tert-OH is 1. The quantitative estimate of drug-likeness (QED) is 0.478. The zero-order valence-electron chi connectivity index (χ0n) is 7.13. The third-order valence-corrected chi connectivity index (χ3v) is 1.41. The van der Waals surface area contributed by atoms with Crippen molar-refractivity contribution in [3.05, 3.63) is 27.0 Å². The van der Waals surface area contributed by atoms with Crippen molar-refractivity contribution in [3.8, 4) is 0 Å². The molecule has 0 aromatic carbocycles. The van der Waals surface area contributed by atoms with E-state index in [1.165, 1.54) is 6.20 Å². The van der Waals surface area contributed by atoms with Gasteiger partial charge in [-0.2, -0.15) is 0 Å². The van der Waals surface area contributed by atoms with E-state index in [0.29, 0.717) is 0 Å². The first-order valence-corrected chi connectivity index (χ1v) is 3.83. The molecule has 0 aliphatic carbocycles. The van der Waals surface area contributed by atoms with Crippen LogP contribution >= 0.6 is 0 Å². The number of aromatic amines is 2. The fourth-order valence-electron chi connectivity index (χ4n) is 0.799. The molecule has 0 saturated carbocycles. The normalized spacial score (nSPS) is 12.5. The molecule has 0 fully saturated rings. The van der Waals surface area contributed by atoms with Gasteiger partial charge in [0.25, 0.3) is 5.56 Å². The van der Waals surface area contributed by atoms with E-state index in [-0.39, 0.29) is 12.2 Å². The first-order valence-electron chi connectivity index (χ1n) is 3.83. The number of rotatable bonds is 3. The summed E-state index contributed by atoms with van der Waals surface area (Å²) in [6, 6.07) is 0. The molecule has 0 amide bonds. The number of aliphatic hydroxyl groups is 1. The molecule has 0 saturated heterocycles. The van der Waals surface area contributed by atoms with Crippen LogP contribution < -0.4 is 16.6 Å². The minimum Gasteiger partial charge on any atom is -0.392 e. The van der Waals surface area contributed by atoms with Gasteiger partial charge in [-0.05, 0) is 6.92 Å². The maximum Gasteiger partial charge on any atom is 0.325 e. The molecule has 13 heavy (non-hydrogen) atoms. The van der Waals surface area contributed by atoms with Crippen LogP contribution in [0.3, 0.4) is 0 Å². The third-order valence-electron chi connectivity index (χ3n) is 1.41. The Morgan fingerprint density at radius 3 is 2.85 bits per heavy atom. The van der Waals surface area contributed by atoms with E-state index in [1.54, 1.807) is 6.92 Å². The second kappa shape index (κ2) is 3.90. The van der Waals surface area contributed by atoms with Gasteiger partial charge in [0.05, 0.1) is 6.10 Å². The molecule has 0 radical (unpaired) electrons. The second-order valence-corrected chi connectivity index (χ2v) is 2.72. The molecule has 4 N–H and O–H groups in total. The summed E-state index contributed by atoms with van der Waals surface area (Å²) in [5.41, 5.74) is -0.808. The summed E-state index contributed by atoms with van der Waals surface area (Å²) in [6.07, 6.45) is 0.718. The van der Waals surface area contributed by atoms with Crippen LogP contribution in [0, 0.1) is 0 Å². The number of hydrogen-bond donors (Lipinski definition) is 4. The van der Waals surface area contributed by atoms with E-state index in [2.05, 4.69) is 15.3 Å². The van der Waals surface area contributed by atoms with Crippen LogP contribution in [0.25, 0.3) is 0 Å². The standard InChI is InChI=1S/C7H11N3O3/c1-4(11)2-8-5-3-9-7(13)10-6(5)12/h3-4,8,11H,2H2,1H3,(H2,9,10,12,13). The van der Waals surface area contributed by atoms with Crippen molar-refractivity contribution in [2.45, 2.75) is 13.0 Å². The summed E-state index contributed by atoms with van der Waals surface area (Å²) in [6.45, 7) is 1.85. The van der Waals surface area contributed by atoms with Crippen LogP contribution in [0.1, 0.15) is 6.92 Å². The molecule has 1 aromatic rings. The highest BCUT2D eigenvalue weighted by atomic mass is 16.3. The summed E-state index contributed by atoms with van der Waals surface area (Å²) in [4.78, 5) is 26.0. The molecular weight excluding hydrogens is 174 g/mol. The molecule has 6 heteroatoms. The van der Waals surface area contributed by atoms with Crippen LogP contribution in [0.2, 0.25) is 0 Å². The Bertz CT molecular complexity index is 379. The lowest BCUT2D eigenvalue weighted by Gasteiger charge is -2.05. The Morgan fingerprint density at radius 1 is 1.62 bits per heavy atom. The molecule has 0 aliphatic heterocycles. The van der Waals surface area contributed by atoms with Gasteiger partial charge in [-0.15, -0.1) is 0 Å². The van der Waals surface area contributed by atoms with E-state index in [4.69, 9.17) is 5.11 Å². The number of aromatic nitrogens is 2. The summed E-state index contributed by atoms with van der Waals surface area (Å²) >= 11 is 0. The zero-order chi connectivity index (χ0) is 9.84. The topological polar surface area (TPSA) is 98.0 Å². The molecule has 0 bridgehead atoms. The minimum absolute atomic E-state index is 0.237. The second-order valence-electron chi connectivity index (χ2n) is 2.72. The largest absolute Gasteiger partial charge is 0.392 e. The highest BCUT2D eigenvalue weighted by molar-refractivity contribution is 5.37. The SMILES string of the molecule is CC(O)CNc1c[nH]c(=O)[nH]c1=O. The van der Waals surface area contributed by atoms with Crippen molar-refractivity contribution in [1.82, 2.24) is 9.97 Å². The molecule has 1 atom stereocenters. The maximum absolute atomic E-state index is 11.0. The Hall–Kier alpha value is -1.56. The predicted molar refractivity (Wildman–Crippen MR) is 47.9 cm³/mol. The Kier molecular flexibility index (Phi) is 2.86. The van der Waals surface area contributed by atoms with E-state index >= 15 is 0 Å². The summed E-state index contributed by atoms with van der Waals surface area (Å²) in [7, 11) is 0. The first-order chi connectivity index (χ1) is 6.09. The van der Waals surface area contributed by atoms with Crippen LogP contribution in [-0.4, -0.2) is 27.7 Å². The van der Waals surface area contributed by atoms with Crippen LogP contribution in [0.15, 0.2) is 15.8 Å². The van der Waals surface area contributed by atoms with Crippen molar-refractivity contribution < 1.29 is 5.11 Å². The van der Waals surface area contributed by atoms with Gasteiger partial charge >= 0.3 is 5.69 Å². The van der Waals surface area contributed by atoms with Gasteiger partial charge in [-0.3, -0.25) is 9.78 Å². The Balaban J connectivity index is 2.79. The molecule has 1 heterocycles. The maximum atomic E-state index is 11.0. The van der Waals surface area contributed by atoms with Gasteiger partial charge in [0.2, 0.25) is 0 Å². The van der Waals surface area contributed by atoms with Crippen molar-refractivity contribution in [3.63, 3.8) is 0 Å². The molecule has 0 aliphatic rings. The van der Waals surface area contributed by atoms with Gasteiger partial charge in [0, 0.05) is 12.7 Å². The van der Waals surface area contributed by atoms with E-state index in [0.717, 1.165) is 0 Å². The van der Waals surface area contributed by atoms with Gasteiger partial charge < -0.3 is 15.4 Å². The Labute approximate surface area is 73.6 Å². The first kappa shape index (κ1) is 9.53. The lowest BCUT2D eigenvalue weighted by atomic mass is 10.4. The number of anilines is 1. The van der Waals surface area contributed by atoms with Crippen molar-refractivity contribution in [2.24, 2.45) is 0 Å². The fraction of sp³-hybridized carbons (Fsp3) is 0.429. The molecule has 1 rings (SSSR count). The molecule has 1 unspecified atom stereocenters. The predicted octanol–water partition coefficient (Wildman–Crippen LogP) is -1.14. The van der Waals surface area contributed by atoms with Gasteiger partial charge in [-0.1, -0.05) is 0 Å².